The van der Waals surface area contributed by atoms with Crippen molar-refractivity contribution >= 4 is 29.7 Å². The summed E-state index contributed by atoms with van der Waals surface area (Å²) in [5, 5.41) is 9.91. The third-order valence-electron chi connectivity index (χ3n) is 4.93. The minimum Gasteiger partial charge on any atom is -0.462 e. The van der Waals surface area contributed by atoms with E-state index in [4.69, 9.17) is 21.2 Å². The molecule has 0 aromatic heterocycles. The molecule has 1 atom stereocenters. The van der Waals surface area contributed by atoms with Crippen LogP contribution < -0.4 is 0 Å². The maximum Gasteiger partial charge on any atom is 0.338 e. The zero-order valence-electron chi connectivity index (χ0n) is 17.0. The number of halogens is 1. The van der Waals surface area contributed by atoms with Gasteiger partial charge in [-0.3, -0.25) is 5.26 Å². The third kappa shape index (κ3) is 5.70. The Morgan fingerprint density at radius 1 is 0.968 bits per heavy atom. The van der Waals surface area contributed by atoms with Crippen molar-refractivity contribution in [3.8, 4) is 0 Å². The highest BCUT2D eigenvalue weighted by Crippen LogP contribution is 2.32. The van der Waals surface area contributed by atoms with Gasteiger partial charge in [0.15, 0.2) is 0 Å². The summed E-state index contributed by atoms with van der Waals surface area (Å²) in [6.45, 7) is 7.64. The van der Waals surface area contributed by atoms with E-state index in [0.29, 0.717) is 22.6 Å². The van der Waals surface area contributed by atoms with Crippen LogP contribution in [0.5, 0.6) is 0 Å². The number of carbonyl (C=O) groups is 1. The zero-order chi connectivity index (χ0) is 22.2. The van der Waals surface area contributed by atoms with Crippen LogP contribution in [-0.2, 0) is 16.0 Å². The first-order valence-corrected chi connectivity index (χ1v) is 10.1. The summed E-state index contributed by atoms with van der Waals surface area (Å²) >= 11 is 6.45. The molecule has 1 N–H and O–H groups in total. The number of rotatable bonds is 9. The van der Waals surface area contributed by atoms with Crippen LogP contribution in [0.25, 0.3) is 12.2 Å². The van der Waals surface area contributed by atoms with Crippen LogP contribution in [0, 0.1) is 0 Å². The summed E-state index contributed by atoms with van der Waals surface area (Å²) in [7, 11) is 0. The second-order valence-corrected chi connectivity index (χ2v) is 7.33. The van der Waals surface area contributed by atoms with Gasteiger partial charge in [-0.25, -0.2) is 9.68 Å². The van der Waals surface area contributed by atoms with Crippen molar-refractivity contribution < 1.29 is 19.7 Å². The highest BCUT2D eigenvalue weighted by molar-refractivity contribution is 6.31. The molecule has 5 heteroatoms. The number of benzene rings is 3. The minimum absolute atomic E-state index is 0.223. The first-order valence-electron chi connectivity index (χ1n) is 9.76. The van der Waals surface area contributed by atoms with Gasteiger partial charge in [0.2, 0.25) is 0 Å². The molecule has 0 fully saturated rings. The molecular weight excluding hydrogens is 412 g/mol. The molecule has 0 aliphatic rings. The van der Waals surface area contributed by atoms with E-state index in [2.05, 4.69) is 13.2 Å². The maximum atomic E-state index is 12.2. The van der Waals surface area contributed by atoms with Crippen molar-refractivity contribution in [2.24, 2.45) is 0 Å². The summed E-state index contributed by atoms with van der Waals surface area (Å²) in [5.41, 5.74) is 4.70. The minimum atomic E-state index is -0.711. The van der Waals surface area contributed by atoms with Crippen LogP contribution in [0.15, 0.2) is 79.9 Å². The molecule has 158 valence electrons. The molecule has 3 aromatic carbocycles. The van der Waals surface area contributed by atoms with Crippen molar-refractivity contribution in [1.29, 1.82) is 0 Å². The number of hydrogen-bond donors (Lipinski definition) is 1. The Balaban J connectivity index is 1.63. The summed E-state index contributed by atoms with van der Waals surface area (Å²) in [4.78, 5) is 16.9. The van der Waals surface area contributed by atoms with E-state index < -0.39 is 6.10 Å². The Labute approximate surface area is 187 Å². The Morgan fingerprint density at radius 2 is 1.58 bits per heavy atom. The van der Waals surface area contributed by atoms with E-state index in [-0.39, 0.29) is 12.6 Å². The van der Waals surface area contributed by atoms with E-state index in [9.17, 15) is 10.1 Å². The normalized spacial score (nSPS) is 11.5. The first kappa shape index (κ1) is 22.5. The number of hydrogen-bond acceptors (Lipinski definition) is 4. The predicted molar refractivity (Wildman–Crippen MR) is 124 cm³/mol. The molecule has 31 heavy (non-hydrogen) atoms. The predicted octanol–water partition coefficient (Wildman–Crippen LogP) is 6.60. The number of carbonyl (C=O) groups excluding carboxylic acids is 1. The quantitative estimate of drug-likeness (QED) is 0.234. The maximum absolute atomic E-state index is 12.2. The van der Waals surface area contributed by atoms with Gasteiger partial charge in [-0.2, -0.15) is 0 Å². The average molecular weight is 435 g/mol. The standard InChI is InChI=1S/C26H23ClO4/c1-3-18-5-10-21(11-6-18)25(31-29)23-14-9-20(17-24(23)27)15-16-30-26(28)22-12-7-19(4-2)8-13-22/h3-14,17,25,29H,1-2,15-16H2. The summed E-state index contributed by atoms with van der Waals surface area (Å²) in [6.07, 6.45) is 3.25. The first-order chi connectivity index (χ1) is 15.0. The molecule has 0 aliphatic heterocycles. The third-order valence-corrected chi connectivity index (χ3v) is 5.26. The van der Waals surface area contributed by atoms with Gasteiger partial charge in [0.25, 0.3) is 0 Å². The lowest BCUT2D eigenvalue weighted by Gasteiger charge is -2.17. The van der Waals surface area contributed by atoms with Gasteiger partial charge in [-0.1, -0.05) is 85.4 Å². The van der Waals surface area contributed by atoms with Crippen LogP contribution in [0.2, 0.25) is 5.02 Å². The highest BCUT2D eigenvalue weighted by Gasteiger charge is 2.18. The molecule has 0 aliphatic carbocycles. The van der Waals surface area contributed by atoms with Gasteiger partial charge in [0.1, 0.15) is 6.10 Å². The fourth-order valence-electron chi connectivity index (χ4n) is 3.14. The van der Waals surface area contributed by atoms with Crippen LogP contribution in [0.3, 0.4) is 0 Å². The van der Waals surface area contributed by atoms with E-state index >= 15 is 0 Å². The van der Waals surface area contributed by atoms with Crippen LogP contribution in [0.1, 0.15) is 44.3 Å². The monoisotopic (exact) mass is 434 g/mol. The Bertz CT molecular complexity index is 1060. The van der Waals surface area contributed by atoms with Crippen molar-refractivity contribution in [3.63, 3.8) is 0 Å². The summed E-state index contributed by atoms with van der Waals surface area (Å²) in [5.74, 6) is -0.380. The second kappa shape index (κ2) is 10.7. The molecule has 4 nitrogen and oxygen atoms in total. The SMILES string of the molecule is C=Cc1ccc(C(=O)OCCc2ccc(C(OO)c3ccc(C=C)cc3)c(Cl)c2)cc1. The summed E-state index contributed by atoms with van der Waals surface area (Å²) < 4.78 is 5.35. The van der Waals surface area contributed by atoms with Gasteiger partial charge in [-0.05, 0) is 40.5 Å². The fraction of sp³-hybridized carbons (Fsp3) is 0.115. The van der Waals surface area contributed by atoms with E-state index in [1.165, 1.54) is 0 Å². The van der Waals surface area contributed by atoms with Gasteiger partial charge in [0, 0.05) is 17.0 Å². The summed E-state index contributed by atoms with van der Waals surface area (Å²) in [6, 6.07) is 20.0. The molecule has 0 amide bonds. The molecule has 0 heterocycles. The van der Waals surface area contributed by atoms with Gasteiger partial charge < -0.3 is 4.74 Å². The average Bonchev–Trinajstić information content (AvgIpc) is 2.81. The largest absolute Gasteiger partial charge is 0.462 e. The fourth-order valence-corrected chi connectivity index (χ4v) is 3.45. The van der Waals surface area contributed by atoms with Crippen molar-refractivity contribution in [2.75, 3.05) is 6.61 Å². The van der Waals surface area contributed by atoms with Crippen molar-refractivity contribution in [1.82, 2.24) is 0 Å². The molecule has 0 saturated heterocycles. The lowest BCUT2D eigenvalue weighted by molar-refractivity contribution is -0.270. The lowest BCUT2D eigenvalue weighted by Crippen LogP contribution is -2.09. The smallest absolute Gasteiger partial charge is 0.338 e. The molecule has 0 saturated carbocycles. The highest BCUT2D eigenvalue weighted by atomic mass is 35.5. The number of esters is 1. The van der Waals surface area contributed by atoms with E-state index in [0.717, 1.165) is 22.3 Å². The molecule has 0 bridgehead atoms. The van der Waals surface area contributed by atoms with Crippen LogP contribution in [-0.4, -0.2) is 17.8 Å². The molecule has 0 spiro atoms. The van der Waals surface area contributed by atoms with Gasteiger partial charge in [-0.15, -0.1) is 0 Å². The van der Waals surface area contributed by atoms with Gasteiger partial charge in [0.05, 0.1) is 12.2 Å². The lowest BCUT2D eigenvalue weighted by atomic mass is 9.98. The second-order valence-electron chi connectivity index (χ2n) is 6.92. The molecular formula is C26H23ClO4. The zero-order valence-corrected chi connectivity index (χ0v) is 17.7. The van der Waals surface area contributed by atoms with E-state index in [1.807, 2.05) is 42.5 Å². The van der Waals surface area contributed by atoms with E-state index in [1.54, 1.807) is 36.4 Å². The Kier molecular flexibility index (Phi) is 7.79. The molecule has 1 unspecified atom stereocenters. The topological polar surface area (TPSA) is 55.8 Å². The van der Waals surface area contributed by atoms with Crippen molar-refractivity contribution in [3.05, 3.63) is 118 Å². The van der Waals surface area contributed by atoms with Gasteiger partial charge >= 0.3 is 5.97 Å². The van der Waals surface area contributed by atoms with Crippen molar-refractivity contribution in [2.45, 2.75) is 12.5 Å². The number of ether oxygens (including phenoxy) is 1. The molecule has 0 radical (unpaired) electrons. The molecule has 3 rings (SSSR count). The Hall–Kier alpha value is -3.18. The molecule has 3 aromatic rings. The Morgan fingerprint density at radius 3 is 2.13 bits per heavy atom. The van der Waals surface area contributed by atoms with Crippen LogP contribution in [0.4, 0.5) is 0 Å². The van der Waals surface area contributed by atoms with Crippen LogP contribution >= 0.6 is 11.6 Å².